The van der Waals surface area contributed by atoms with Crippen molar-refractivity contribution in [2.75, 3.05) is 0 Å². The summed E-state index contributed by atoms with van der Waals surface area (Å²) in [7, 11) is 0. The molecule has 3 rings (SSSR count). The molecule has 0 saturated heterocycles. The van der Waals surface area contributed by atoms with Gasteiger partial charge in [0.25, 0.3) is 5.89 Å². The molecule has 0 radical (unpaired) electrons. The van der Waals surface area contributed by atoms with Crippen molar-refractivity contribution in [3.63, 3.8) is 0 Å². The fourth-order valence-electron chi connectivity index (χ4n) is 2.98. The van der Waals surface area contributed by atoms with Gasteiger partial charge < -0.3 is 9.63 Å². The molecule has 0 spiro atoms. The van der Waals surface area contributed by atoms with E-state index in [1.54, 1.807) is 6.92 Å². The minimum absolute atomic E-state index is 0.141. The summed E-state index contributed by atoms with van der Waals surface area (Å²) in [5.74, 6) is 1.02. The number of aliphatic hydroxyl groups excluding tert-OH is 1. The van der Waals surface area contributed by atoms with Gasteiger partial charge in [-0.05, 0) is 25.3 Å². The summed E-state index contributed by atoms with van der Waals surface area (Å²) in [6, 6.07) is 10.4. The van der Waals surface area contributed by atoms with Crippen LogP contribution in [0.25, 0.3) is 0 Å². The van der Waals surface area contributed by atoms with Crippen molar-refractivity contribution >= 4 is 0 Å². The fraction of sp³-hybridized carbons (Fsp3) is 0.467. The van der Waals surface area contributed by atoms with E-state index in [4.69, 9.17) is 4.52 Å². The molecule has 1 heterocycles. The molecule has 0 aliphatic heterocycles. The first kappa shape index (κ1) is 12.4. The Labute approximate surface area is 112 Å². The minimum Gasteiger partial charge on any atom is -0.384 e. The predicted octanol–water partition coefficient (Wildman–Crippen LogP) is 2.98. The molecule has 0 amide bonds. The van der Waals surface area contributed by atoms with Crippen molar-refractivity contribution in [3.8, 4) is 0 Å². The van der Waals surface area contributed by atoms with Gasteiger partial charge in [-0.15, -0.1) is 0 Å². The van der Waals surface area contributed by atoms with Crippen molar-refractivity contribution in [1.82, 2.24) is 10.1 Å². The summed E-state index contributed by atoms with van der Waals surface area (Å²) in [6.07, 6.45) is 3.71. The van der Waals surface area contributed by atoms with Gasteiger partial charge in [0.05, 0.1) is 5.41 Å². The number of benzene rings is 1. The zero-order valence-corrected chi connectivity index (χ0v) is 11.0. The summed E-state index contributed by atoms with van der Waals surface area (Å²) in [5.41, 5.74) is 1.10. The highest BCUT2D eigenvalue weighted by Crippen LogP contribution is 2.45. The Kier molecular flexibility index (Phi) is 3.11. The van der Waals surface area contributed by atoms with Gasteiger partial charge in [0.1, 0.15) is 6.10 Å². The summed E-state index contributed by atoms with van der Waals surface area (Å²) < 4.78 is 5.17. The lowest BCUT2D eigenvalue weighted by atomic mass is 9.78. The smallest absolute Gasteiger partial charge is 0.255 e. The van der Waals surface area contributed by atoms with Crippen LogP contribution in [-0.4, -0.2) is 15.2 Å². The first-order valence-electron chi connectivity index (χ1n) is 6.80. The van der Waals surface area contributed by atoms with E-state index in [2.05, 4.69) is 22.3 Å². The third-order valence-electron chi connectivity index (χ3n) is 4.01. The standard InChI is InChI=1S/C15H18N2O2/c1-11(18)13-16-14(17-19-13)15(9-5-6-10-15)12-7-3-2-4-8-12/h2-4,7-8,11,18H,5-6,9-10H2,1H3/t11-/m0/s1. The molecule has 1 aromatic carbocycles. The average molecular weight is 258 g/mol. The topological polar surface area (TPSA) is 59.2 Å². The second-order valence-corrected chi connectivity index (χ2v) is 5.29. The molecule has 4 heteroatoms. The molecule has 19 heavy (non-hydrogen) atoms. The van der Waals surface area contributed by atoms with Crippen LogP contribution in [0.4, 0.5) is 0 Å². The second-order valence-electron chi connectivity index (χ2n) is 5.29. The number of nitrogens with zero attached hydrogens (tertiary/aromatic N) is 2. The van der Waals surface area contributed by atoms with Gasteiger partial charge in [0.15, 0.2) is 5.82 Å². The lowest BCUT2D eigenvalue weighted by Crippen LogP contribution is -2.25. The van der Waals surface area contributed by atoms with E-state index in [9.17, 15) is 5.11 Å². The van der Waals surface area contributed by atoms with Crippen LogP contribution in [0.3, 0.4) is 0 Å². The highest BCUT2D eigenvalue weighted by Gasteiger charge is 2.41. The van der Waals surface area contributed by atoms with E-state index >= 15 is 0 Å². The molecule has 100 valence electrons. The third kappa shape index (κ3) is 2.06. The number of aliphatic hydroxyl groups is 1. The van der Waals surface area contributed by atoms with Crippen molar-refractivity contribution in [1.29, 1.82) is 0 Å². The van der Waals surface area contributed by atoms with Crippen molar-refractivity contribution in [2.24, 2.45) is 0 Å². The van der Waals surface area contributed by atoms with Crippen LogP contribution in [-0.2, 0) is 5.41 Å². The van der Waals surface area contributed by atoms with Crippen molar-refractivity contribution in [3.05, 3.63) is 47.6 Å². The molecular weight excluding hydrogens is 240 g/mol. The molecule has 1 aromatic heterocycles. The summed E-state index contributed by atoms with van der Waals surface area (Å²) in [5, 5.41) is 13.7. The van der Waals surface area contributed by atoms with Crippen LogP contribution in [0.15, 0.2) is 34.9 Å². The van der Waals surface area contributed by atoms with E-state index in [0.29, 0.717) is 11.7 Å². The van der Waals surface area contributed by atoms with Crippen LogP contribution in [0.2, 0.25) is 0 Å². The fourth-order valence-corrected chi connectivity index (χ4v) is 2.98. The van der Waals surface area contributed by atoms with Crippen LogP contribution >= 0.6 is 0 Å². The van der Waals surface area contributed by atoms with Gasteiger partial charge in [-0.3, -0.25) is 0 Å². The summed E-state index contributed by atoms with van der Waals surface area (Å²) >= 11 is 0. The van der Waals surface area contributed by atoms with Crippen LogP contribution in [0.1, 0.15) is 56.0 Å². The minimum atomic E-state index is -0.713. The average Bonchev–Trinajstić information content (AvgIpc) is 3.09. The second kappa shape index (κ2) is 4.78. The molecule has 2 aromatic rings. The van der Waals surface area contributed by atoms with Gasteiger partial charge in [-0.2, -0.15) is 4.98 Å². The van der Waals surface area contributed by atoms with Gasteiger partial charge in [-0.1, -0.05) is 48.3 Å². The lowest BCUT2D eigenvalue weighted by Gasteiger charge is -2.25. The summed E-state index contributed by atoms with van der Waals surface area (Å²) in [6.45, 7) is 1.64. The number of hydrogen-bond donors (Lipinski definition) is 1. The Morgan fingerprint density at radius 1 is 1.21 bits per heavy atom. The van der Waals surface area contributed by atoms with Gasteiger partial charge in [0, 0.05) is 0 Å². The maximum Gasteiger partial charge on any atom is 0.255 e. The van der Waals surface area contributed by atoms with Crippen molar-refractivity contribution in [2.45, 2.75) is 44.1 Å². The lowest BCUT2D eigenvalue weighted by molar-refractivity contribution is 0.151. The normalized spacial score (nSPS) is 19.5. The molecule has 4 nitrogen and oxygen atoms in total. The molecule has 1 saturated carbocycles. The first-order chi connectivity index (χ1) is 9.22. The largest absolute Gasteiger partial charge is 0.384 e. The predicted molar refractivity (Wildman–Crippen MR) is 70.6 cm³/mol. The highest BCUT2D eigenvalue weighted by molar-refractivity contribution is 5.33. The van der Waals surface area contributed by atoms with E-state index < -0.39 is 6.10 Å². The van der Waals surface area contributed by atoms with Gasteiger partial charge in [0.2, 0.25) is 0 Å². The monoisotopic (exact) mass is 258 g/mol. The van der Waals surface area contributed by atoms with Crippen LogP contribution < -0.4 is 0 Å². The summed E-state index contributed by atoms with van der Waals surface area (Å²) in [4.78, 5) is 4.41. The number of rotatable bonds is 3. The third-order valence-corrected chi connectivity index (χ3v) is 4.01. The molecule has 0 bridgehead atoms. The molecule has 0 unspecified atom stereocenters. The van der Waals surface area contributed by atoms with Gasteiger partial charge in [-0.25, -0.2) is 0 Å². The molecule has 1 aliphatic rings. The molecule has 1 aliphatic carbocycles. The number of hydrogen-bond acceptors (Lipinski definition) is 4. The number of aromatic nitrogens is 2. The molecule has 1 atom stereocenters. The molecule has 1 N–H and O–H groups in total. The van der Waals surface area contributed by atoms with E-state index in [1.807, 2.05) is 18.2 Å². The molecule has 1 fully saturated rings. The Morgan fingerprint density at radius 3 is 2.47 bits per heavy atom. The Bertz CT molecular complexity index is 542. The zero-order valence-electron chi connectivity index (χ0n) is 11.0. The van der Waals surface area contributed by atoms with E-state index in [-0.39, 0.29) is 5.41 Å². The van der Waals surface area contributed by atoms with Crippen LogP contribution in [0, 0.1) is 0 Å². The van der Waals surface area contributed by atoms with E-state index in [0.717, 1.165) is 12.8 Å². The maximum absolute atomic E-state index is 9.54. The maximum atomic E-state index is 9.54. The molecular formula is C15H18N2O2. The SMILES string of the molecule is C[C@H](O)c1nc(C2(c3ccccc3)CCCC2)no1. The Morgan fingerprint density at radius 2 is 1.89 bits per heavy atom. The Hall–Kier alpha value is -1.68. The van der Waals surface area contributed by atoms with Gasteiger partial charge >= 0.3 is 0 Å². The van der Waals surface area contributed by atoms with Crippen molar-refractivity contribution < 1.29 is 9.63 Å². The van der Waals surface area contributed by atoms with Crippen LogP contribution in [0.5, 0.6) is 0 Å². The first-order valence-corrected chi connectivity index (χ1v) is 6.80. The zero-order chi connectivity index (χ0) is 13.3. The Balaban J connectivity index is 2.05. The quantitative estimate of drug-likeness (QED) is 0.919. The highest BCUT2D eigenvalue weighted by atomic mass is 16.5. The van der Waals surface area contributed by atoms with E-state index in [1.165, 1.54) is 18.4 Å².